The molecule has 0 fully saturated rings. The van der Waals surface area contributed by atoms with Gasteiger partial charge in [0.15, 0.2) is 5.11 Å². The number of amides is 2. The van der Waals surface area contributed by atoms with Gasteiger partial charge in [0.1, 0.15) is 18.1 Å². The van der Waals surface area contributed by atoms with E-state index in [1.165, 1.54) is 0 Å². The van der Waals surface area contributed by atoms with E-state index in [0.717, 1.165) is 9.13 Å². The zero-order chi connectivity index (χ0) is 22.9. The van der Waals surface area contributed by atoms with Crippen molar-refractivity contribution in [1.29, 1.82) is 0 Å². The van der Waals surface area contributed by atoms with Gasteiger partial charge in [0.25, 0.3) is 11.8 Å². The lowest BCUT2D eigenvalue weighted by Gasteiger charge is -2.12. The second kappa shape index (κ2) is 11.4. The molecule has 0 saturated heterocycles. The number of benzene rings is 3. The van der Waals surface area contributed by atoms with Gasteiger partial charge in [0.05, 0.1) is 10.7 Å². The Kier molecular flexibility index (Phi) is 8.40. The van der Waals surface area contributed by atoms with Crippen LogP contribution in [0.3, 0.4) is 0 Å². The maximum Gasteiger partial charge on any atom is 0.269 e. The number of ether oxygens (including phenoxy) is 2. The van der Waals surface area contributed by atoms with Gasteiger partial charge in [-0.05, 0) is 82.8 Å². The first-order valence-electron chi connectivity index (χ1n) is 9.48. The smallest absolute Gasteiger partial charge is 0.269 e. The summed E-state index contributed by atoms with van der Waals surface area (Å²) in [6, 6.07) is 21.5. The van der Waals surface area contributed by atoms with Gasteiger partial charge in [-0.15, -0.1) is 0 Å². The molecule has 0 aliphatic carbocycles. The molecule has 0 spiro atoms. The molecule has 3 aromatic carbocycles. The van der Waals surface area contributed by atoms with Crippen LogP contribution in [0, 0.1) is 3.57 Å². The molecule has 3 N–H and O–H groups in total. The molecule has 0 radical (unpaired) electrons. The number of halogens is 1. The molecule has 2 amide bonds. The van der Waals surface area contributed by atoms with Crippen molar-refractivity contribution in [3.05, 3.63) is 93.1 Å². The van der Waals surface area contributed by atoms with Crippen LogP contribution in [0.25, 0.3) is 0 Å². The van der Waals surface area contributed by atoms with Gasteiger partial charge in [-0.1, -0.05) is 30.3 Å². The minimum absolute atomic E-state index is 0.0306. The summed E-state index contributed by atoms with van der Waals surface area (Å²) in [5, 5.41) is 2.48. The van der Waals surface area contributed by atoms with Gasteiger partial charge in [-0.25, -0.2) is 0 Å². The summed E-state index contributed by atoms with van der Waals surface area (Å²) >= 11 is 7.15. The fraction of sp³-hybridized carbons (Fsp3) is 0.0870. The van der Waals surface area contributed by atoms with E-state index in [9.17, 15) is 9.59 Å². The van der Waals surface area contributed by atoms with Gasteiger partial charge in [-0.3, -0.25) is 25.8 Å². The normalized spacial score (nSPS) is 10.1. The SMILES string of the molecule is COc1ccc(C(=O)NC(=S)NNC(=O)c2ccc(OCc3ccccc3)cc2)cc1I. The molecule has 0 unspecified atom stereocenters. The Balaban J connectivity index is 1.46. The first kappa shape index (κ1) is 23.5. The van der Waals surface area contributed by atoms with Gasteiger partial charge < -0.3 is 9.47 Å². The summed E-state index contributed by atoms with van der Waals surface area (Å²) in [4.78, 5) is 24.6. The lowest BCUT2D eigenvalue weighted by molar-refractivity contribution is 0.0934. The van der Waals surface area contributed by atoms with Crippen molar-refractivity contribution in [3.8, 4) is 11.5 Å². The molecule has 164 valence electrons. The number of hydrogen-bond donors (Lipinski definition) is 3. The molecular formula is C23H20IN3O4S. The molecule has 32 heavy (non-hydrogen) atoms. The molecule has 0 aliphatic heterocycles. The number of carbonyl (C=O) groups excluding carboxylic acids is 2. The van der Waals surface area contributed by atoms with Crippen LogP contribution in [0.1, 0.15) is 26.3 Å². The number of rotatable bonds is 6. The van der Waals surface area contributed by atoms with Crippen LogP contribution >= 0.6 is 34.8 Å². The van der Waals surface area contributed by atoms with Crippen LogP contribution < -0.4 is 25.6 Å². The molecule has 7 nitrogen and oxygen atoms in total. The van der Waals surface area contributed by atoms with Crippen LogP contribution in [0.4, 0.5) is 0 Å². The van der Waals surface area contributed by atoms with E-state index < -0.39 is 11.8 Å². The van der Waals surface area contributed by atoms with Crippen LogP contribution in [0.15, 0.2) is 72.8 Å². The predicted octanol–water partition coefficient (Wildman–Crippen LogP) is 3.83. The zero-order valence-electron chi connectivity index (χ0n) is 17.1. The fourth-order valence-corrected chi connectivity index (χ4v) is 3.52. The Bertz CT molecular complexity index is 1110. The highest BCUT2D eigenvalue weighted by Gasteiger charge is 2.12. The van der Waals surface area contributed by atoms with Gasteiger partial charge in [0.2, 0.25) is 0 Å². The van der Waals surface area contributed by atoms with Crippen molar-refractivity contribution < 1.29 is 19.1 Å². The topological polar surface area (TPSA) is 88.7 Å². The molecule has 3 aromatic rings. The second-order valence-corrected chi connectivity index (χ2v) is 8.08. The molecule has 0 aliphatic rings. The van der Waals surface area contributed by atoms with Gasteiger partial charge in [0, 0.05) is 11.1 Å². The number of hydrogen-bond acceptors (Lipinski definition) is 5. The minimum atomic E-state index is -0.407. The Morgan fingerprint density at radius 3 is 2.25 bits per heavy atom. The number of thiocarbonyl (C=S) groups is 1. The van der Waals surface area contributed by atoms with Crippen molar-refractivity contribution in [3.63, 3.8) is 0 Å². The molecule has 0 atom stereocenters. The molecular weight excluding hydrogens is 541 g/mol. The maximum absolute atomic E-state index is 12.3. The third-order valence-electron chi connectivity index (χ3n) is 4.30. The lowest BCUT2D eigenvalue weighted by Crippen LogP contribution is -2.48. The van der Waals surface area contributed by atoms with Gasteiger partial charge in [-0.2, -0.15) is 0 Å². The molecule has 9 heteroatoms. The minimum Gasteiger partial charge on any atom is -0.496 e. The largest absolute Gasteiger partial charge is 0.496 e. The van der Waals surface area contributed by atoms with Crippen LogP contribution in [-0.4, -0.2) is 24.0 Å². The number of carbonyl (C=O) groups is 2. The van der Waals surface area contributed by atoms with Crippen molar-refractivity contribution in [1.82, 2.24) is 16.2 Å². The molecule has 0 aromatic heterocycles. The average Bonchev–Trinajstić information content (AvgIpc) is 2.82. The fourth-order valence-electron chi connectivity index (χ4n) is 2.64. The van der Waals surface area contributed by atoms with E-state index in [0.29, 0.717) is 29.2 Å². The van der Waals surface area contributed by atoms with Gasteiger partial charge >= 0.3 is 0 Å². The molecule has 0 saturated carbocycles. The third kappa shape index (κ3) is 6.66. The highest BCUT2D eigenvalue weighted by Crippen LogP contribution is 2.21. The van der Waals surface area contributed by atoms with Crippen molar-refractivity contribution in [2.24, 2.45) is 0 Å². The number of nitrogens with one attached hydrogen (secondary N) is 3. The quantitative estimate of drug-likeness (QED) is 0.241. The summed E-state index contributed by atoms with van der Waals surface area (Å²) in [7, 11) is 1.56. The summed E-state index contributed by atoms with van der Waals surface area (Å²) < 4.78 is 11.7. The third-order valence-corrected chi connectivity index (χ3v) is 5.34. The van der Waals surface area contributed by atoms with Crippen LogP contribution in [-0.2, 0) is 6.61 Å². The van der Waals surface area contributed by atoms with Crippen molar-refractivity contribution in [2.75, 3.05) is 7.11 Å². The summed E-state index contributed by atoms with van der Waals surface area (Å²) in [5.41, 5.74) is 6.85. The average molecular weight is 561 g/mol. The Hall–Kier alpha value is -3.18. The van der Waals surface area contributed by atoms with E-state index in [1.54, 1.807) is 49.6 Å². The van der Waals surface area contributed by atoms with Crippen LogP contribution in [0.5, 0.6) is 11.5 Å². The lowest BCUT2D eigenvalue weighted by atomic mass is 10.2. The van der Waals surface area contributed by atoms with Crippen molar-refractivity contribution in [2.45, 2.75) is 6.61 Å². The molecule has 3 rings (SSSR count). The van der Waals surface area contributed by atoms with Crippen molar-refractivity contribution >= 4 is 51.7 Å². The Labute approximate surface area is 204 Å². The first-order valence-corrected chi connectivity index (χ1v) is 11.0. The Morgan fingerprint density at radius 2 is 1.59 bits per heavy atom. The zero-order valence-corrected chi connectivity index (χ0v) is 20.0. The number of methoxy groups -OCH3 is 1. The molecule has 0 bridgehead atoms. The van der Waals surface area contributed by atoms with Crippen LogP contribution in [0.2, 0.25) is 0 Å². The van der Waals surface area contributed by atoms with E-state index >= 15 is 0 Å². The van der Waals surface area contributed by atoms with E-state index in [1.807, 2.05) is 30.3 Å². The highest BCUT2D eigenvalue weighted by atomic mass is 127. The van der Waals surface area contributed by atoms with E-state index in [4.69, 9.17) is 21.7 Å². The maximum atomic E-state index is 12.3. The van der Waals surface area contributed by atoms with E-state index in [-0.39, 0.29) is 5.11 Å². The monoisotopic (exact) mass is 561 g/mol. The summed E-state index contributed by atoms with van der Waals surface area (Å²) in [5.74, 6) is 0.509. The highest BCUT2D eigenvalue weighted by molar-refractivity contribution is 14.1. The van der Waals surface area contributed by atoms with E-state index in [2.05, 4.69) is 38.8 Å². The molecule has 0 heterocycles. The standard InChI is InChI=1S/C23H20IN3O4S/c1-30-20-12-9-17(13-19(20)24)21(28)25-23(32)27-26-22(29)16-7-10-18(11-8-16)31-14-15-5-3-2-4-6-15/h2-13H,14H2,1H3,(H,26,29)(H2,25,27,28,32). The number of hydrazine groups is 1. The summed E-state index contributed by atoms with van der Waals surface area (Å²) in [6.07, 6.45) is 0. The predicted molar refractivity (Wildman–Crippen MR) is 134 cm³/mol. The summed E-state index contributed by atoms with van der Waals surface area (Å²) in [6.45, 7) is 0.440. The first-order chi connectivity index (χ1) is 15.5. The Morgan fingerprint density at radius 1 is 0.906 bits per heavy atom. The second-order valence-electron chi connectivity index (χ2n) is 6.51.